The van der Waals surface area contributed by atoms with Gasteiger partial charge in [-0.05, 0) is 49.4 Å². The Morgan fingerprint density at radius 1 is 0.931 bits per heavy atom. The number of hydrogen-bond donors (Lipinski definition) is 1. The van der Waals surface area contributed by atoms with Gasteiger partial charge in [0.25, 0.3) is 0 Å². The van der Waals surface area contributed by atoms with Crippen LogP contribution in [0.5, 0.6) is 0 Å². The number of nitrogen functional groups attached to an aromatic ring is 1. The number of piperazine rings is 1. The molecular weight excluding hydrogens is 403 g/mol. The maximum absolute atomic E-state index is 6.37. The number of fused-ring (bicyclic) bond motifs is 1. The van der Waals surface area contributed by atoms with Crippen molar-refractivity contribution in [3.8, 4) is 0 Å². The van der Waals surface area contributed by atoms with Crippen LogP contribution < -0.4 is 10.6 Å². The number of aryl methyl sites for hydroxylation is 1. The molecule has 4 rings (SSSR count). The van der Waals surface area contributed by atoms with Crippen molar-refractivity contribution in [2.75, 3.05) is 43.4 Å². The molecule has 0 spiro atoms. The second-order valence-corrected chi connectivity index (χ2v) is 8.36. The van der Waals surface area contributed by atoms with Gasteiger partial charge >= 0.3 is 0 Å². The minimum absolute atomic E-state index is 0.606. The third-order valence-corrected chi connectivity index (χ3v) is 6.43. The predicted molar refractivity (Wildman–Crippen MR) is 124 cm³/mol. The molecule has 0 aliphatic carbocycles. The van der Waals surface area contributed by atoms with E-state index in [4.69, 9.17) is 28.9 Å². The molecule has 1 fully saturated rings. The first-order valence-corrected chi connectivity index (χ1v) is 10.9. The first kappa shape index (κ1) is 20.3. The van der Waals surface area contributed by atoms with Gasteiger partial charge in [-0.2, -0.15) is 0 Å². The smallest absolute Gasteiger partial charge is 0.124 e. The van der Waals surface area contributed by atoms with Crippen molar-refractivity contribution in [1.29, 1.82) is 0 Å². The van der Waals surface area contributed by atoms with Crippen molar-refractivity contribution in [3.63, 3.8) is 0 Å². The van der Waals surface area contributed by atoms with Gasteiger partial charge in [0.2, 0.25) is 0 Å². The largest absolute Gasteiger partial charge is 0.384 e. The lowest BCUT2D eigenvalue weighted by Crippen LogP contribution is -2.46. The highest BCUT2D eigenvalue weighted by molar-refractivity contribution is 6.43. The van der Waals surface area contributed by atoms with Crippen LogP contribution in [0.1, 0.15) is 18.5 Å². The molecule has 2 aromatic carbocycles. The van der Waals surface area contributed by atoms with Crippen LogP contribution in [0.4, 0.5) is 11.5 Å². The summed E-state index contributed by atoms with van der Waals surface area (Å²) in [6.45, 7) is 5.14. The Balaban J connectivity index is 1.26. The third kappa shape index (κ3) is 4.77. The summed E-state index contributed by atoms with van der Waals surface area (Å²) in [5.74, 6) is 0.606. The Morgan fingerprint density at radius 2 is 1.72 bits per heavy atom. The SMILES string of the molecule is Nc1cc2ccccc2c(CCCCN2CCN(c3cccc(Cl)c3Cl)CC2)n1. The van der Waals surface area contributed by atoms with Crippen molar-refractivity contribution in [2.24, 2.45) is 0 Å². The zero-order chi connectivity index (χ0) is 20.2. The highest BCUT2D eigenvalue weighted by Gasteiger charge is 2.19. The molecule has 29 heavy (non-hydrogen) atoms. The van der Waals surface area contributed by atoms with Gasteiger partial charge in [-0.25, -0.2) is 4.98 Å². The third-order valence-electron chi connectivity index (χ3n) is 5.62. The van der Waals surface area contributed by atoms with Crippen LogP contribution in [0, 0.1) is 0 Å². The first-order valence-electron chi connectivity index (χ1n) is 10.2. The summed E-state index contributed by atoms with van der Waals surface area (Å²) in [6.07, 6.45) is 3.23. The normalized spacial score (nSPS) is 15.2. The van der Waals surface area contributed by atoms with E-state index in [0.717, 1.165) is 63.4 Å². The maximum atomic E-state index is 6.37. The van der Waals surface area contributed by atoms with Crippen molar-refractivity contribution < 1.29 is 0 Å². The van der Waals surface area contributed by atoms with Gasteiger partial charge < -0.3 is 10.6 Å². The van der Waals surface area contributed by atoms with Crippen LogP contribution in [-0.2, 0) is 6.42 Å². The number of rotatable bonds is 6. The second kappa shape index (κ2) is 9.21. The average Bonchev–Trinajstić information content (AvgIpc) is 2.73. The van der Waals surface area contributed by atoms with Crippen LogP contribution in [0.25, 0.3) is 10.8 Å². The number of nitrogens with zero attached hydrogens (tertiary/aromatic N) is 3. The summed E-state index contributed by atoms with van der Waals surface area (Å²) in [6, 6.07) is 16.1. The first-order chi connectivity index (χ1) is 14.1. The number of anilines is 2. The number of nitrogens with two attached hydrogens (primary N) is 1. The summed E-state index contributed by atoms with van der Waals surface area (Å²) in [5.41, 5.74) is 8.14. The number of unbranched alkanes of at least 4 members (excludes halogenated alkanes) is 1. The molecule has 4 nitrogen and oxygen atoms in total. The summed E-state index contributed by atoms with van der Waals surface area (Å²) in [5, 5.41) is 3.67. The molecule has 1 aromatic heterocycles. The Kier molecular flexibility index (Phi) is 6.43. The zero-order valence-corrected chi connectivity index (χ0v) is 18.0. The topological polar surface area (TPSA) is 45.4 Å². The highest BCUT2D eigenvalue weighted by atomic mass is 35.5. The van der Waals surface area contributed by atoms with E-state index < -0.39 is 0 Å². The van der Waals surface area contributed by atoms with Crippen LogP contribution in [0.15, 0.2) is 48.5 Å². The molecule has 0 saturated carbocycles. The second-order valence-electron chi connectivity index (χ2n) is 7.57. The molecular formula is C23H26Cl2N4. The fraction of sp³-hybridized carbons (Fsp3) is 0.348. The van der Waals surface area contributed by atoms with Crippen LogP contribution >= 0.6 is 23.2 Å². The average molecular weight is 429 g/mol. The summed E-state index contributed by atoms with van der Waals surface area (Å²) < 4.78 is 0. The minimum atomic E-state index is 0.606. The van der Waals surface area contributed by atoms with E-state index in [9.17, 15) is 0 Å². The van der Waals surface area contributed by atoms with Gasteiger partial charge in [-0.3, -0.25) is 4.90 Å². The van der Waals surface area contributed by atoms with Crippen molar-refractivity contribution in [3.05, 3.63) is 64.3 Å². The molecule has 0 radical (unpaired) electrons. The van der Waals surface area contributed by atoms with Gasteiger partial charge in [0, 0.05) is 31.6 Å². The van der Waals surface area contributed by atoms with Crippen LogP contribution in [0.2, 0.25) is 10.0 Å². The lowest BCUT2D eigenvalue weighted by atomic mass is 10.1. The van der Waals surface area contributed by atoms with Gasteiger partial charge in [0.1, 0.15) is 5.82 Å². The van der Waals surface area contributed by atoms with Crippen molar-refractivity contribution in [1.82, 2.24) is 9.88 Å². The Labute approximate surface area is 182 Å². The molecule has 6 heteroatoms. The van der Waals surface area contributed by atoms with Gasteiger partial charge in [0.05, 0.1) is 21.4 Å². The standard InChI is InChI=1S/C23H26Cl2N4/c24-19-8-5-10-21(23(19)25)29-14-12-28(13-15-29)11-4-3-9-20-18-7-2-1-6-17(18)16-22(26)27-20/h1-2,5-8,10,16H,3-4,9,11-15H2,(H2,26,27). The number of aromatic nitrogens is 1. The van der Waals surface area contributed by atoms with E-state index >= 15 is 0 Å². The molecule has 152 valence electrons. The Morgan fingerprint density at radius 3 is 2.55 bits per heavy atom. The van der Waals surface area contributed by atoms with Crippen LogP contribution in [0.3, 0.4) is 0 Å². The van der Waals surface area contributed by atoms with E-state index in [-0.39, 0.29) is 0 Å². The molecule has 0 unspecified atom stereocenters. The monoisotopic (exact) mass is 428 g/mol. The zero-order valence-electron chi connectivity index (χ0n) is 16.5. The number of pyridine rings is 1. The number of benzene rings is 2. The van der Waals surface area contributed by atoms with Crippen molar-refractivity contribution in [2.45, 2.75) is 19.3 Å². The van der Waals surface area contributed by atoms with E-state index in [2.05, 4.69) is 33.0 Å². The quantitative estimate of drug-likeness (QED) is 0.543. The van der Waals surface area contributed by atoms with Gasteiger partial charge in [-0.1, -0.05) is 53.5 Å². The number of halogens is 2. The lowest BCUT2D eigenvalue weighted by molar-refractivity contribution is 0.253. The van der Waals surface area contributed by atoms with E-state index in [1.165, 1.54) is 10.8 Å². The van der Waals surface area contributed by atoms with Crippen LogP contribution in [-0.4, -0.2) is 42.6 Å². The predicted octanol–water partition coefficient (Wildman–Crippen LogP) is 5.27. The van der Waals surface area contributed by atoms with E-state index in [0.29, 0.717) is 15.9 Å². The Hall–Kier alpha value is -2.01. The summed E-state index contributed by atoms with van der Waals surface area (Å²) in [7, 11) is 0. The maximum Gasteiger partial charge on any atom is 0.124 e. The fourth-order valence-electron chi connectivity index (χ4n) is 4.06. The highest BCUT2D eigenvalue weighted by Crippen LogP contribution is 2.32. The molecule has 1 aliphatic rings. The number of hydrogen-bond acceptors (Lipinski definition) is 4. The fourth-order valence-corrected chi connectivity index (χ4v) is 4.48. The molecule has 1 aliphatic heterocycles. The Bertz CT molecular complexity index is 984. The van der Waals surface area contributed by atoms with E-state index in [1.54, 1.807) is 0 Å². The van der Waals surface area contributed by atoms with Crippen molar-refractivity contribution >= 4 is 45.5 Å². The van der Waals surface area contributed by atoms with Gasteiger partial charge in [0.15, 0.2) is 0 Å². The molecule has 0 bridgehead atoms. The summed E-state index contributed by atoms with van der Waals surface area (Å²) in [4.78, 5) is 9.43. The van der Waals surface area contributed by atoms with E-state index in [1.807, 2.05) is 30.3 Å². The lowest BCUT2D eigenvalue weighted by Gasteiger charge is -2.36. The molecule has 2 heterocycles. The molecule has 2 N–H and O–H groups in total. The minimum Gasteiger partial charge on any atom is -0.384 e. The molecule has 3 aromatic rings. The van der Waals surface area contributed by atoms with Gasteiger partial charge in [-0.15, -0.1) is 0 Å². The molecule has 1 saturated heterocycles. The molecule has 0 atom stereocenters. The summed E-state index contributed by atoms with van der Waals surface area (Å²) >= 11 is 12.5. The molecule has 0 amide bonds.